The SMILES string of the molecule is CC(C)[C@H](NC(=O)[C@H](C)NC(=O)[C@H](CC(=O)O)NC(=O)[C@H](CCC(N)=O)NC(=O)[C@@H]1CCCN1C(=O)[C@H](CCC(N)=O)NC(=O)[C@@H](N)CCC(N)=O)C(=O)O. The molecule has 1 saturated heterocycles. The Morgan fingerprint density at radius 2 is 1.16 bits per heavy atom. The van der Waals surface area contributed by atoms with Crippen LogP contribution in [0, 0.1) is 5.92 Å². The van der Waals surface area contributed by atoms with Gasteiger partial charge in [0.1, 0.15) is 36.3 Å². The van der Waals surface area contributed by atoms with Crippen molar-refractivity contribution in [2.24, 2.45) is 28.9 Å². The highest BCUT2D eigenvalue weighted by Gasteiger charge is 2.40. The molecule has 1 heterocycles. The maximum Gasteiger partial charge on any atom is 0.326 e. The van der Waals surface area contributed by atoms with Crippen LogP contribution in [-0.2, 0) is 52.7 Å². The molecule has 0 unspecified atom stereocenters. The summed E-state index contributed by atoms with van der Waals surface area (Å²) in [6.45, 7) is 4.27. The van der Waals surface area contributed by atoms with Gasteiger partial charge in [-0.3, -0.25) is 47.9 Å². The number of primary amides is 3. The van der Waals surface area contributed by atoms with Crippen molar-refractivity contribution in [1.29, 1.82) is 0 Å². The fourth-order valence-corrected chi connectivity index (χ4v) is 5.41. The third-order valence-corrected chi connectivity index (χ3v) is 8.48. The molecule has 1 aliphatic rings. The molecule has 0 saturated carbocycles. The average molecular weight is 785 g/mol. The molecule has 0 radical (unpaired) electrons. The van der Waals surface area contributed by atoms with Gasteiger partial charge in [0.2, 0.25) is 53.2 Å². The molecule has 15 N–H and O–H groups in total. The van der Waals surface area contributed by atoms with Crippen LogP contribution in [0.5, 0.6) is 0 Å². The fraction of sp³-hybridized carbons (Fsp3) is 0.656. The molecule has 308 valence electrons. The van der Waals surface area contributed by atoms with E-state index in [0.29, 0.717) is 0 Å². The summed E-state index contributed by atoms with van der Waals surface area (Å²) in [4.78, 5) is 138. The first kappa shape index (κ1) is 47.2. The molecule has 0 aromatic carbocycles. The van der Waals surface area contributed by atoms with Gasteiger partial charge in [0.15, 0.2) is 0 Å². The zero-order valence-electron chi connectivity index (χ0n) is 30.8. The molecule has 23 nitrogen and oxygen atoms in total. The summed E-state index contributed by atoms with van der Waals surface area (Å²) in [5.74, 6) is -11.6. The second kappa shape index (κ2) is 22.4. The molecular formula is C32H52N10O13. The van der Waals surface area contributed by atoms with Crippen LogP contribution in [0.15, 0.2) is 0 Å². The van der Waals surface area contributed by atoms with Gasteiger partial charge in [-0.25, -0.2) is 4.79 Å². The second-order valence-electron chi connectivity index (χ2n) is 13.4. The quantitative estimate of drug-likeness (QED) is 0.0436. The van der Waals surface area contributed by atoms with E-state index >= 15 is 0 Å². The normalized spacial score (nSPS) is 17.0. The Morgan fingerprint density at radius 1 is 0.655 bits per heavy atom. The molecule has 0 aromatic heterocycles. The summed E-state index contributed by atoms with van der Waals surface area (Å²) in [5.41, 5.74) is 21.4. The standard InChI is InChI=1S/C32H52N10O13/c1-14(2)25(32(54)55)41-26(48)15(3)37-29(51)19(13-24(46)47)40-28(50)17(7-10-22(35)44)38-30(52)20-5-4-12-42(20)31(53)18(8-11-23(36)45)39-27(49)16(33)6-9-21(34)43/h14-20,25H,4-13,33H2,1-3H3,(H2,34,43)(H2,35,44)(H2,36,45)(H,37,51)(H,38,52)(H,39,49)(H,40,50)(H,41,48)(H,46,47)(H,54,55)/t15-,16-,17-,18-,19-,20-,25-/m0/s1. The highest BCUT2D eigenvalue weighted by molar-refractivity contribution is 5.98. The lowest BCUT2D eigenvalue weighted by atomic mass is 10.0. The Morgan fingerprint density at radius 3 is 1.67 bits per heavy atom. The van der Waals surface area contributed by atoms with Crippen LogP contribution in [0.25, 0.3) is 0 Å². The molecule has 1 aliphatic heterocycles. The van der Waals surface area contributed by atoms with Crippen LogP contribution in [0.4, 0.5) is 0 Å². The number of amides is 9. The third-order valence-electron chi connectivity index (χ3n) is 8.48. The van der Waals surface area contributed by atoms with E-state index < -0.39 is 133 Å². The molecule has 0 spiro atoms. The Hall–Kier alpha value is -5.87. The first-order chi connectivity index (χ1) is 25.5. The summed E-state index contributed by atoms with van der Waals surface area (Å²) in [6.07, 6.45) is -2.52. The molecule has 7 atom stereocenters. The number of carbonyl (C=O) groups is 11. The lowest BCUT2D eigenvalue weighted by Crippen LogP contribution is -2.59. The Bertz CT molecular complexity index is 1490. The van der Waals surface area contributed by atoms with Gasteiger partial charge in [-0.2, -0.15) is 0 Å². The van der Waals surface area contributed by atoms with Crippen molar-refractivity contribution in [1.82, 2.24) is 31.5 Å². The van der Waals surface area contributed by atoms with E-state index in [0.717, 1.165) is 4.90 Å². The van der Waals surface area contributed by atoms with Crippen molar-refractivity contribution in [2.45, 2.75) is 121 Å². The smallest absolute Gasteiger partial charge is 0.326 e. The summed E-state index contributed by atoms with van der Waals surface area (Å²) in [6, 6.07) is -10.0. The lowest BCUT2D eigenvalue weighted by Gasteiger charge is -2.30. The van der Waals surface area contributed by atoms with Gasteiger partial charge in [-0.05, 0) is 44.9 Å². The molecule has 1 fully saturated rings. The summed E-state index contributed by atoms with van der Waals surface area (Å²) in [7, 11) is 0. The van der Waals surface area contributed by atoms with Crippen LogP contribution >= 0.6 is 0 Å². The van der Waals surface area contributed by atoms with E-state index in [1.165, 1.54) is 20.8 Å². The minimum atomic E-state index is -1.83. The van der Waals surface area contributed by atoms with Gasteiger partial charge in [-0.1, -0.05) is 13.8 Å². The lowest BCUT2D eigenvalue weighted by molar-refractivity contribution is -0.144. The maximum absolute atomic E-state index is 13.7. The molecule has 55 heavy (non-hydrogen) atoms. The first-order valence-corrected chi connectivity index (χ1v) is 17.4. The molecular weight excluding hydrogens is 732 g/mol. The van der Waals surface area contributed by atoms with E-state index in [9.17, 15) is 63.0 Å². The van der Waals surface area contributed by atoms with Crippen molar-refractivity contribution in [3.8, 4) is 0 Å². The Kier molecular flexibility index (Phi) is 19.2. The minimum Gasteiger partial charge on any atom is -0.481 e. The summed E-state index contributed by atoms with van der Waals surface area (Å²) in [5, 5.41) is 30.2. The van der Waals surface area contributed by atoms with Crippen molar-refractivity contribution < 1.29 is 63.0 Å². The molecule has 0 aromatic rings. The number of nitrogens with two attached hydrogens (primary N) is 4. The molecule has 1 rings (SSSR count). The number of hydrogen-bond acceptors (Lipinski definition) is 12. The van der Waals surface area contributed by atoms with E-state index in [-0.39, 0.29) is 45.1 Å². The van der Waals surface area contributed by atoms with Gasteiger partial charge in [-0.15, -0.1) is 0 Å². The number of aliphatic carboxylic acids is 2. The number of nitrogens with zero attached hydrogens (tertiary/aromatic N) is 1. The van der Waals surface area contributed by atoms with E-state index in [1.807, 2.05) is 0 Å². The predicted molar refractivity (Wildman–Crippen MR) is 188 cm³/mol. The number of rotatable bonds is 24. The fourth-order valence-electron chi connectivity index (χ4n) is 5.41. The zero-order valence-corrected chi connectivity index (χ0v) is 30.8. The third kappa shape index (κ3) is 16.4. The van der Waals surface area contributed by atoms with Crippen LogP contribution in [0.1, 0.15) is 78.6 Å². The summed E-state index contributed by atoms with van der Waals surface area (Å²) >= 11 is 0. The van der Waals surface area contributed by atoms with Gasteiger partial charge in [0, 0.05) is 25.8 Å². The van der Waals surface area contributed by atoms with Crippen LogP contribution < -0.4 is 49.5 Å². The van der Waals surface area contributed by atoms with E-state index in [1.54, 1.807) is 0 Å². The number of carbonyl (C=O) groups excluding carboxylic acids is 9. The van der Waals surface area contributed by atoms with Gasteiger partial charge in [0.25, 0.3) is 0 Å². The topological polar surface area (TPSA) is 396 Å². The number of likely N-dealkylation sites (tertiary alicyclic amines) is 1. The number of hydrogen-bond donors (Lipinski definition) is 11. The Balaban J connectivity index is 3.22. The van der Waals surface area contributed by atoms with Crippen LogP contribution in [0.2, 0.25) is 0 Å². The first-order valence-electron chi connectivity index (χ1n) is 17.4. The number of carboxylic acid groups (broad SMARTS) is 2. The zero-order chi connectivity index (χ0) is 42.2. The van der Waals surface area contributed by atoms with Crippen molar-refractivity contribution in [3.05, 3.63) is 0 Å². The monoisotopic (exact) mass is 784 g/mol. The highest BCUT2D eigenvalue weighted by atomic mass is 16.4. The second-order valence-corrected chi connectivity index (χ2v) is 13.4. The van der Waals surface area contributed by atoms with E-state index in [2.05, 4.69) is 26.6 Å². The Labute approximate surface area is 315 Å². The van der Waals surface area contributed by atoms with Crippen molar-refractivity contribution in [3.63, 3.8) is 0 Å². The predicted octanol–water partition coefficient (Wildman–Crippen LogP) is -5.24. The van der Waals surface area contributed by atoms with Crippen LogP contribution in [-0.4, -0.2) is 129 Å². The highest BCUT2D eigenvalue weighted by Crippen LogP contribution is 2.20. The average Bonchev–Trinajstić information content (AvgIpc) is 3.58. The molecule has 23 heteroatoms. The largest absolute Gasteiger partial charge is 0.481 e. The van der Waals surface area contributed by atoms with Gasteiger partial charge >= 0.3 is 11.9 Å². The van der Waals surface area contributed by atoms with Crippen molar-refractivity contribution >= 4 is 65.1 Å². The van der Waals surface area contributed by atoms with Crippen molar-refractivity contribution in [2.75, 3.05) is 6.54 Å². The number of carboxylic acids is 2. The van der Waals surface area contributed by atoms with Crippen LogP contribution in [0.3, 0.4) is 0 Å². The van der Waals surface area contributed by atoms with E-state index in [4.69, 9.17) is 22.9 Å². The molecule has 0 bridgehead atoms. The van der Waals surface area contributed by atoms with Gasteiger partial charge in [0.05, 0.1) is 12.5 Å². The number of nitrogens with one attached hydrogen (secondary N) is 5. The maximum atomic E-state index is 13.7. The molecule has 0 aliphatic carbocycles. The molecule has 9 amide bonds. The van der Waals surface area contributed by atoms with Gasteiger partial charge < -0.3 is 64.6 Å². The summed E-state index contributed by atoms with van der Waals surface area (Å²) < 4.78 is 0. The minimum absolute atomic E-state index is 0.00272.